The van der Waals surface area contributed by atoms with Gasteiger partial charge in [0, 0.05) is 20.8 Å². The Morgan fingerprint density at radius 2 is 1.15 bits per heavy atom. The molecule has 0 bridgehead atoms. The number of hydrogen-bond acceptors (Lipinski definition) is 0. The molecule has 1 aromatic heterocycles. The molecule has 0 amide bonds. The normalized spacial score (nSPS) is 11.3. The molecule has 4 aromatic carbocycles. The standard InChI is InChI=1S/C24H16BrN/c25-22-15-19(17-9-5-2-6-10-17)14-21-20-13-18(16-7-3-1-4-8-16)11-12-23(20)26-24(21)22/h1-15,26H. The summed E-state index contributed by atoms with van der Waals surface area (Å²) in [4.78, 5) is 3.56. The molecule has 0 fully saturated rings. The number of nitrogens with one attached hydrogen (secondary N) is 1. The van der Waals surface area contributed by atoms with Crippen LogP contribution in [0.5, 0.6) is 0 Å². The number of halogens is 1. The highest BCUT2D eigenvalue weighted by molar-refractivity contribution is 9.10. The largest absolute Gasteiger partial charge is 0.354 e. The van der Waals surface area contributed by atoms with Gasteiger partial charge in [-0.05, 0) is 62.4 Å². The van der Waals surface area contributed by atoms with Crippen molar-refractivity contribution in [2.75, 3.05) is 0 Å². The number of benzene rings is 4. The van der Waals surface area contributed by atoms with Crippen molar-refractivity contribution in [2.45, 2.75) is 0 Å². The van der Waals surface area contributed by atoms with Gasteiger partial charge < -0.3 is 4.98 Å². The smallest absolute Gasteiger partial charge is 0.0609 e. The van der Waals surface area contributed by atoms with Crippen LogP contribution >= 0.6 is 15.9 Å². The first-order valence-electron chi connectivity index (χ1n) is 8.65. The van der Waals surface area contributed by atoms with Crippen LogP contribution in [0.4, 0.5) is 0 Å². The zero-order valence-electron chi connectivity index (χ0n) is 14.0. The van der Waals surface area contributed by atoms with E-state index in [1.165, 1.54) is 33.0 Å². The molecule has 0 radical (unpaired) electrons. The predicted octanol–water partition coefficient (Wildman–Crippen LogP) is 7.42. The Balaban J connectivity index is 1.78. The fraction of sp³-hybridized carbons (Fsp3) is 0. The highest BCUT2D eigenvalue weighted by Crippen LogP contribution is 2.36. The Morgan fingerprint density at radius 1 is 0.538 bits per heavy atom. The van der Waals surface area contributed by atoms with Crippen LogP contribution in [0.15, 0.2) is 95.5 Å². The Bertz CT molecular complexity index is 1220. The highest BCUT2D eigenvalue weighted by atomic mass is 79.9. The van der Waals surface area contributed by atoms with E-state index in [4.69, 9.17) is 0 Å². The monoisotopic (exact) mass is 397 g/mol. The van der Waals surface area contributed by atoms with Crippen LogP contribution in [0.1, 0.15) is 0 Å². The molecule has 0 saturated heterocycles. The molecular formula is C24H16BrN. The lowest BCUT2D eigenvalue weighted by Gasteiger charge is -2.05. The number of H-pyrrole nitrogens is 1. The average molecular weight is 398 g/mol. The SMILES string of the molecule is Brc1cc(-c2ccccc2)cc2c1[nH]c1ccc(-c3ccccc3)cc12. The van der Waals surface area contributed by atoms with Crippen LogP contribution < -0.4 is 0 Å². The van der Waals surface area contributed by atoms with Gasteiger partial charge in [-0.3, -0.25) is 0 Å². The van der Waals surface area contributed by atoms with E-state index in [1.807, 2.05) is 0 Å². The Labute approximate surface area is 160 Å². The van der Waals surface area contributed by atoms with E-state index >= 15 is 0 Å². The minimum Gasteiger partial charge on any atom is -0.354 e. The number of aromatic amines is 1. The van der Waals surface area contributed by atoms with E-state index in [-0.39, 0.29) is 0 Å². The van der Waals surface area contributed by atoms with Gasteiger partial charge in [0.05, 0.1) is 5.52 Å². The zero-order valence-corrected chi connectivity index (χ0v) is 15.6. The van der Waals surface area contributed by atoms with Crippen LogP contribution in [0.2, 0.25) is 0 Å². The van der Waals surface area contributed by atoms with E-state index in [1.54, 1.807) is 0 Å². The van der Waals surface area contributed by atoms with Crippen molar-refractivity contribution in [1.82, 2.24) is 4.98 Å². The lowest BCUT2D eigenvalue weighted by atomic mass is 10.0. The summed E-state index contributed by atoms with van der Waals surface area (Å²) in [5.41, 5.74) is 7.22. The fourth-order valence-electron chi connectivity index (χ4n) is 3.56. The van der Waals surface area contributed by atoms with Crippen LogP contribution in [0.3, 0.4) is 0 Å². The topological polar surface area (TPSA) is 15.8 Å². The molecule has 124 valence electrons. The molecule has 0 spiro atoms. The number of rotatable bonds is 2. The maximum absolute atomic E-state index is 3.76. The summed E-state index contributed by atoms with van der Waals surface area (Å²) in [5.74, 6) is 0. The third-order valence-electron chi connectivity index (χ3n) is 4.87. The van der Waals surface area contributed by atoms with Crippen molar-refractivity contribution in [1.29, 1.82) is 0 Å². The minimum atomic E-state index is 1.09. The summed E-state index contributed by atoms with van der Waals surface area (Å²) in [6.07, 6.45) is 0. The summed E-state index contributed by atoms with van der Waals surface area (Å²) >= 11 is 3.76. The first kappa shape index (κ1) is 15.4. The van der Waals surface area contributed by atoms with Crippen molar-refractivity contribution in [2.24, 2.45) is 0 Å². The molecule has 0 unspecified atom stereocenters. The summed E-state index contributed by atoms with van der Waals surface area (Å²) in [5, 5.41) is 2.49. The number of hydrogen-bond donors (Lipinski definition) is 1. The molecule has 5 rings (SSSR count). The van der Waals surface area contributed by atoms with E-state index < -0.39 is 0 Å². The quantitative estimate of drug-likeness (QED) is 0.319. The van der Waals surface area contributed by atoms with Gasteiger partial charge in [-0.2, -0.15) is 0 Å². The maximum atomic E-state index is 3.76. The summed E-state index contributed by atoms with van der Waals surface area (Å²) in [7, 11) is 0. The minimum absolute atomic E-state index is 1.09. The van der Waals surface area contributed by atoms with Crippen LogP contribution in [0, 0.1) is 0 Å². The highest BCUT2D eigenvalue weighted by Gasteiger charge is 2.11. The lowest BCUT2D eigenvalue weighted by molar-refractivity contribution is 1.52. The van der Waals surface area contributed by atoms with Crippen LogP contribution in [-0.2, 0) is 0 Å². The molecule has 1 heterocycles. The molecule has 0 saturated carbocycles. The number of fused-ring (bicyclic) bond motifs is 3. The van der Waals surface area contributed by atoms with Gasteiger partial charge in [-0.25, -0.2) is 0 Å². The second-order valence-electron chi connectivity index (χ2n) is 6.50. The molecular weight excluding hydrogens is 382 g/mol. The van der Waals surface area contributed by atoms with Gasteiger partial charge in [0.2, 0.25) is 0 Å². The molecule has 0 aliphatic heterocycles. The first-order valence-corrected chi connectivity index (χ1v) is 9.45. The van der Waals surface area contributed by atoms with Crippen molar-refractivity contribution in [3.63, 3.8) is 0 Å². The summed E-state index contributed by atoms with van der Waals surface area (Å²) in [6.45, 7) is 0. The number of aromatic nitrogens is 1. The molecule has 0 aliphatic carbocycles. The average Bonchev–Trinajstić information content (AvgIpc) is 3.08. The van der Waals surface area contributed by atoms with Crippen LogP contribution in [0.25, 0.3) is 44.1 Å². The van der Waals surface area contributed by atoms with E-state index in [9.17, 15) is 0 Å². The summed E-state index contributed by atoms with van der Waals surface area (Å²) in [6, 6.07) is 32.1. The van der Waals surface area contributed by atoms with Gasteiger partial charge >= 0.3 is 0 Å². The van der Waals surface area contributed by atoms with Crippen molar-refractivity contribution in [3.8, 4) is 22.3 Å². The second-order valence-corrected chi connectivity index (χ2v) is 7.35. The maximum Gasteiger partial charge on any atom is 0.0609 e. The fourth-order valence-corrected chi connectivity index (χ4v) is 4.12. The first-order chi connectivity index (χ1) is 12.8. The van der Waals surface area contributed by atoms with Crippen molar-refractivity contribution in [3.05, 3.63) is 95.5 Å². The molecule has 26 heavy (non-hydrogen) atoms. The van der Waals surface area contributed by atoms with Crippen molar-refractivity contribution >= 4 is 37.7 Å². The Kier molecular flexibility index (Phi) is 3.65. The van der Waals surface area contributed by atoms with E-state index in [0.29, 0.717) is 0 Å². The molecule has 1 nitrogen and oxygen atoms in total. The van der Waals surface area contributed by atoms with E-state index in [2.05, 4.69) is 112 Å². The van der Waals surface area contributed by atoms with Gasteiger partial charge in [0.1, 0.15) is 0 Å². The van der Waals surface area contributed by atoms with Gasteiger partial charge in [-0.15, -0.1) is 0 Å². The molecule has 1 N–H and O–H groups in total. The Morgan fingerprint density at radius 3 is 1.85 bits per heavy atom. The third-order valence-corrected chi connectivity index (χ3v) is 5.50. The Hall–Kier alpha value is -2.84. The molecule has 0 atom stereocenters. The molecule has 5 aromatic rings. The van der Waals surface area contributed by atoms with Gasteiger partial charge in [0.15, 0.2) is 0 Å². The van der Waals surface area contributed by atoms with E-state index in [0.717, 1.165) is 15.5 Å². The van der Waals surface area contributed by atoms with Crippen LogP contribution in [-0.4, -0.2) is 4.98 Å². The van der Waals surface area contributed by atoms with Crippen molar-refractivity contribution < 1.29 is 0 Å². The second kappa shape index (κ2) is 6.15. The third kappa shape index (κ3) is 2.54. The van der Waals surface area contributed by atoms with Gasteiger partial charge in [0.25, 0.3) is 0 Å². The summed E-state index contributed by atoms with van der Waals surface area (Å²) < 4.78 is 1.09. The predicted molar refractivity (Wildman–Crippen MR) is 114 cm³/mol. The molecule has 0 aliphatic rings. The van der Waals surface area contributed by atoms with Gasteiger partial charge in [-0.1, -0.05) is 66.7 Å². The zero-order chi connectivity index (χ0) is 17.5. The lowest BCUT2D eigenvalue weighted by Crippen LogP contribution is -1.79. The molecule has 2 heteroatoms.